The van der Waals surface area contributed by atoms with Gasteiger partial charge in [0.25, 0.3) is 0 Å². The third kappa shape index (κ3) is 4.88. The van der Waals surface area contributed by atoms with Gasteiger partial charge in [0.1, 0.15) is 5.82 Å². The molecule has 1 aliphatic heterocycles. The fourth-order valence-corrected chi connectivity index (χ4v) is 2.88. The Balaban J connectivity index is 0.00000180. The van der Waals surface area contributed by atoms with E-state index >= 15 is 0 Å². The van der Waals surface area contributed by atoms with Crippen LogP contribution in [0.25, 0.3) is 0 Å². The summed E-state index contributed by atoms with van der Waals surface area (Å²) >= 11 is 0. The molecule has 20 heavy (non-hydrogen) atoms. The number of benzene rings is 1. The van der Waals surface area contributed by atoms with Crippen LogP contribution < -0.4 is 5.32 Å². The van der Waals surface area contributed by atoms with Gasteiger partial charge < -0.3 is 5.32 Å². The Morgan fingerprint density at radius 1 is 1.15 bits per heavy atom. The molecule has 1 aromatic carbocycles. The van der Waals surface area contributed by atoms with E-state index in [4.69, 9.17) is 0 Å². The molecule has 116 valence electrons. The fourth-order valence-electron chi connectivity index (χ4n) is 2.88. The van der Waals surface area contributed by atoms with E-state index in [1.807, 2.05) is 12.1 Å². The van der Waals surface area contributed by atoms with E-state index in [1.165, 1.54) is 6.07 Å². The first-order valence-corrected chi connectivity index (χ1v) is 6.69. The Labute approximate surface area is 133 Å². The highest BCUT2D eigenvalue weighted by Gasteiger charge is 2.32. The van der Waals surface area contributed by atoms with Crippen LogP contribution in [0.4, 0.5) is 4.39 Å². The number of hydrogen-bond donors (Lipinski definition) is 1. The van der Waals surface area contributed by atoms with Gasteiger partial charge in [-0.1, -0.05) is 32.9 Å². The van der Waals surface area contributed by atoms with Crippen LogP contribution >= 0.6 is 24.8 Å². The number of piperazine rings is 1. The minimum atomic E-state index is -0.142. The zero-order chi connectivity index (χ0) is 13.2. The molecule has 0 amide bonds. The van der Waals surface area contributed by atoms with Gasteiger partial charge in [0, 0.05) is 32.2 Å². The van der Waals surface area contributed by atoms with Crippen molar-refractivity contribution in [1.82, 2.24) is 10.2 Å². The lowest BCUT2D eigenvalue weighted by Crippen LogP contribution is -2.48. The summed E-state index contributed by atoms with van der Waals surface area (Å²) in [7, 11) is 0. The van der Waals surface area contributed by atoms with Crippen molar-refractivity contribution >= 4 is 24.8 Å². The second-order valence-electron chi connectivity index (χ2n) is 6.11. The smallest absolute Gasteiger partial charge is 0.123 e. The quantitative estimate of drug-likeness (QED) is 0.893. The van der Waals surface area contributed by atoms with Gasteiger partial charge in [-0.15, -0.1) is 24.8 Å². The molecule has 1 atom stereocenters. The molecule has 1 saturated heterocycles. The minimum Gasteiger partial charge on any atom is -0.314 e. The molecule has 0 spiro atoms. The average molecular weight is 323 g/mol. The molecule has 2 rings (SSSR count). The van der Waals surface area contributed by atoms with E-state index < -0.39 is 0 Å². The van der Waals surface area contributed by atoms with Gasteiger partial charge in [-0.25, -0.2) is 4.39 Å². The summed E-state index contributed by atoms with van der Waals surface area (Å²) in [5.74, 6) is -0.142. The molecule has 1 N–H and O–H groups in total. The van der Waals surface area contributed by atoms with Crippen molar-refractivity contribution < 1.29 is 4.39 Å². The van der Waals surface area contributed by atoms with E-state index in [0.29, 0.717) is 0 Å². The summed E-state index contributed by atoms with van der Waals surface area (Å²) in [4.78, 5) is 2.46. The standard InChI is InChI=1S/C15H23FN2.2ClH/c1-15(2,3)14(18-9-7-17-8-10-18)12-5-4-6-13(16)11-12;;/h4-6,11,14,17H,7-10H2,1-3H3;2*1H/t14-;;/m1../s1. The lowest BCUT2D eigenvalue weighted by atomic mass is 9.81. The molecule has 0 aliphatic carbocycles. The Morgan fingerprint density at radius 2 is 1.75 bits per heavy atom. The number of rotatable bonds is 2. The highest BCUT2D eigenvalue weighted by atomic mass is 35.5. The second kappa shape index (κ2) is 8.18. The second-order valence-corrected chi connectivity index (χ2v) is 6.11. The molecule has 1 fully saturated rings. The third-order valence-corrected chi connectivity index (χ3v) is 3.50. The SMILES string of the molecule is CC(C)(C)[C@@H](c1cccc(F)c1)N1CCNCC1.Cl.Cl. The molecule has 1 aliphatic rings. The largest absolute Gasteiger partial charge is 0.314 e. The van der Waals surface area contributed by atoms with Gasteiger partial charge in [0.05, 0.1) is 0 Å². The number of nitrogens with zero attached hydrogens (tertiary/aromatic N) is 1. The van der Waals surface area contributed by atoms with Crippen molar-refractivity contribution in [1.29, 1.82) is 0 Å². The topological polar surface area (TPSA) is 15.3 Å². The van der Waals surface area contributed by atoms with Gasteiger partial charge in [-0.3, -0.25) is 4.90 Å². The molecule has 1 heterocycles. The van der Waals surface area contributed by atoms with E-state index in [9.17, 15) is 4.39 Å². The van der Waals surface area contributed by atoms with Crippen molar-refractivity contribution in [3.05, 3.63) is 35.6 Å². The lowest BCUT2D eigenvalue weighted by molar-refractivity contribution is 0.0860. The first-order valence-electron chi connectivity index (χ1n) is 6.69. The van der Waals surface area contributed by atoms with Crippen molar-refractivity contribution in [2.75, 3.05) is 26.2 Å². The summed E-state index contributed by atoms with van der Waals surface area (Å²) in [6, 6.07) is 7.32. The maximum atomic E-state index is 13.5. The third-order valence-electron chi connectivity index (χ3n) is 3.50. The Bertz CT molecular complexity index is 401. The summed E-state index contributed by atoms with van der Waals surface area (Å²) in [6.07, 6.45) is 0. The molecule has 2 nitrogen and oxygen atoms in total. The zero-order valence-electron chi connectivity index (χ0n) is 12.4. The van der Waals surface area contributed by atoms with Crippen molar-refractivity contribution in [2.45, 2.75) is 26.8 Å². The molecule has 5 heteroatoms. The van der Waals surface area contributed by atoms with E-state index in [1.54, 1.807) is 6.07 Å². The van der Waals surface area contributed by atoms with Gasteiger partial charge in [0.15, 0.2) is 0 Å². The molecule has 0 aromatic heterocycles. The molecule has 0 unspecified atom stereocenters. The van der Waals surface area contributed by atoms with E-state index in [-0.39, 0.29) is 42.1 Å². The summed E-state index contributed by atoms with van der Waals surface area (Å²) in [6.45, 7) is 10.8. The predicted octanol–water partition coefficient (Wildman–Crippen LogP) is 3.66. The number of nitrogens with one attached hydrogen (secondary N) is 1. The first kappa shape index (κ1) is 19.7. The summed E-state index contributed by atoms with van der Waals surface area (Å²) in [5, 5.41) is 3.37. The maximum Gasteiger partial charge on any atom is 0.123 e. The van der Waals surface area contributed by atoms with Crippen molar-refractivity contribution in [3.8, 4) is 0 Å². The van der Waals surface area contributed by atoms with E-state index in [2.05, 4.69) is 31.0 Å². The van der Waals surface area contributed by atoms with Gasteiger partial charge in [-0.05, 0) is 23.1 Å². The Morgan fingerprint density at radius 3 is 2.25 bits per heavy atom. The highest BCUT2D eigenvalue weighted by Crippen LogP contribution is 2.38. The van der Waals surface area contributed by atoms with Gasteiger partial charge in [-0.2, -0.15) is 0 Å². The maximum absolute atomic E-state index is 13.5. The first-order chi connectivity index (χ1) is 8.48. The molecule has 0 saturated carbocycles. The summed E-state index contributed by atoms with van der Waals surface area (Å²) in [5.41, 5.74) is 1.19. The van der Waals surface area contributed by atoms with Crippen LogP contribution in [0.3, 0.4) is 0 Å². The highest BCUT2D eigenvalue weighted by molar-refractivity contribution is 5.85. The minimum absolute atomic E-state index is 0. The lowest BCUT2D eigenvalue weighted by Gasteiger charge is -2.42. The average Bonchev–Trinajstić information content (AvgIpc) is 2.28. The predicted molar refractivity (Wildman–Crippen MR) is 87.5 cm³/mol. The van der Waals surface area contributed by atoms with Gasteiger partial charge in [0.2, 0.25) is 0 Å². The monoisotopic (exact) mass is 322 g/mol. The van der Waals surface area contributed by atoms with Crippen LogP contribution in [-0.2, 0) is 0 Å². The van der Waals surface area contributed by atoms with Crippen LogP contribution in [0.5, 0.6) is 0 Å². The molecular weight excluding hydrogens is 298 g/mol. The van der Waals surface area contributed by atoms with Crippen LogP contribution in [0.15, 0.2) is 24.3 Å². The molecular formula is C15H25Cl2FN2. The Kier molecular flexibility index (Phi) is 8.04. The molecule has 0 radical (unpaired) electrons. The van der Waals surface area contributed by atoms with Crippen LogP contribution in [0, 0.1) is 11.2 Å². The van der Waals surface area contributed by atoms with Crippen LogP contribution in [0.1, 0.15) is 32.4 Å². The van der Waals surface area contributed by atoms with Crippen molar-refractivity contribution in [2.24, 2.45) is 5.41 Å². The molecule has 0 bridgehead atoms. The van der Waals surface area contributed by atoms with E-state index in [0.717, 1.165) is 31.7 Å². The normalized spacial score (nSPS) is 17.8. The van der Waals surface area contributed by atoms with Crippen LogP contribution in [0.2, 0.25) is 0 Å². The van der Waals surface area contributed by atoms with Crippen LogP contribution in [-0.4, -0.2) is 31.1 Å². The van der Waals surface area contributed by atoms with Gasteiger partial charge >= 0.3 is 0 Å². The Hall–Kier alpha value is -0.350. The van der Waals surface area contributed by atoms with Crippen molar-refractivity contribution in [3.63, 3.8) is 0 Å². The molecule has 1 aromatic rings. The fraction of sp³-hybridized carbons (Fsp3) is 0.600. The zero-order valence-corrected chi connectivity index (χ0v) is 14.0. The number of halogens is 3. The summed E-state index contributed by atoms with van der Waals surface area (Å²) < 4.78 is 13.5. The number of hydrogen-bond acceptors (Lipinski definition) is 2.